The molecule has 0 saturated heterocycles. The molecule has 0 atom stereocenters. The second-order valence-electron chi connectivity index (χ2n) is 3.01. The number of aromatic nitrogens is 4. The van der Waals surface area contributed by atoms with E-state index in [1.165, 1.54) is 11.8 Å². The summed E-state index contributed by atoms with van der Waals surface area (Å²) in [5.41, 5.74) is 5.36. The summed E-state index contributed by atoms with van der Waals surface area (Å²) in [7, 11) is 1.85. The third kappa shape index (κ3) is 2.37. The topological polar surface area (TPSA) is 82.8 Å². The maximum absolute atomic E-state index is 5.86. The van der Waals surface area contributed by atoms with Gasteiger partial charge in [-0.05, 0) is 0 Å². The first-order valence-corrected chi connectivity index (χ1v) is 5.88. The predicted octanol–water partition coefficient (Wildman–Crippen LogP) is 1.21. The van der Waals surface area contributed by atoms with Crippen LogP contribution in [-0.2, 0) is 19.3 Å². The van der Waals surface area contributed by atoms with Gasteiger partial charge in [-0.25, -0.2) is 4.98 Å². The van der Waals surface area contributed by atoms with Crippen LogP contribution in [0.15, 0.2) is 15.8 Å². The molecule has 86 valence electrons. The predicted molar refractivity (Wildman–Crippen MR) is 60.0 cm³/mol. The van der Waals surface area contributed by atoms with Crippen LogP contribution in [0.25, 0.3) is 0 Å². The Labute approximate surface area is 101 Å². The standard InChI is InChI=1S/C8H10ClN5OS/c1-14-5(9)3-11-6(14)4-16-8-13-12-7(2-10)15-8/h3H,2,4,10H2,1H3. The van der Waals surface area contributed by atoms with Gasteiger partial charge >= 0.3 is 0 Å². The van der Waals surface area contributed by atoms with Gasteiger partial charge in [-0.3, -0.25) is 0 Å². The molecule has 0 radical (unpaired) electrons. The molecule has 16 heavy (non-hydrogen) atoms. The van der Waals surface area contributed by atoms with Crippen LogP contribution >= 0.6 is 23.4 Å². The van der Waals surface area contributed by atoms with Crippen molar-refractivity contribution in [1.29, 1.82) is 0 Å². The molecule has 0 saturated carbocycles. The molecule has 0 fully saturated rings. The van der Waals surface area contributed by atoms with Gasteiger partial charge in [0.15, 0.2) is 0 Å². The molecule has 0 aromatic carbocycles. The number of hydrogen-bond acceptors (Lipinski definition) is 6. The fraction of sp³-hybridized carbons (Fsp3) is 0.375. The van der Waals surface area contributed by atoms with E-state index in [2.05, 4.69) is 15.2 Å². The van der Waals surface area contributed by atoms with Gasteiger partial charge in [-0.15, -0.1) is 10.2 Å². The van der Waals surface area contributed by atoms with Gasteiger partial charge in [0.2, 0.25) is 5.89 Å². The summed E-state index contributed by atoms with van der Waals surface area (Å²) < 4.78 is 7.05. The molecule has 2 aromatic heterocycles. The second kappa shape index (κ2) is 4.86. The maximum atomic E-state index is 5.86. The van der Waals surface area contributed by atoms with Crippen molar-refractivity contribution in [3.63, 3.8) is 0 Å². The zero-order valence-corrected chi connectivity index (χ0v) is 10.1. The normalized spacial score (nSPS) is 10.9. The van der Waals surface area contributed by atoms with Crippen LogP contribution in [0.1, 0.15) is 11.7 Å². The molecule has 2 aromatic rings. The highest BCUT2D eigenvalue weighted by atomic mass is 35.5. The van der Waals surface area contributed by atoms with Gasteiger partial charge in [0.1, 0.15) is 11.0 Å². The number of thioether (sulfide) groups is 1. The molecule has 0 unspecified atom stereocenters. The minimum absolute atomic E-state index is 0.252. The largest absolute Gasteiger partial charge is 0.415 e. The lowest BCUT2D eigenvalue weighted by atomic mass is 10.7. The Morgan fingerprint density at radius 2 is 2.38 bits per heavy atom. The first-order valence-electron chi connectivity index (χ1n) is 4.52. The Kier molecular flexibility index (Phi) is 3.47. The van der Waals surface area contributed by atoms with E-state index >= 15 is 0 Å². The van der Waals surface area contributed by atoms with Crippen molar-refractivity contribution in [3.8, 4) is 0 Å². The molecule has 8 heteroatoms. The number of rotatable bonds is 4. The first kappa shape index (κ1) is 11.4. The van der Waals surface area contributed by atoms with E-state index in [1.807, 2.05) is 7.05 Å². The summed E-state index contributed by atoms with van der Waals surface area (Å²) in [5.74, 6) is 1.90. The van der Waals surface area contributed by atoms with Crippen molar-refractivity contribution in [2.75, 3.05) is 0 Å². The Morgan fingerprint density at radius 3 is 2.94 bits per heavy atom. The Bertz CT molecular complexity index is 482. The molecule has 0 bridgehead atoms. The third-order valence-corrected chi connectivity index (χ3v) is 3.14. The number of imidazole rings is 1. The summed E-state index contributed by atoms with van der Waals surface area (Å²) in [4.78, 5) is 4.15. The van der Waals surface area contributed by atoms with Crippen molar-refractivity contribution in [2.45, 2.75) is 17.5 Å². The lowest BCUT2D eigenvalue weighted by Crippen LogP contribution is -1.95. The van der Waals surface area contributed by atoms with Gasteiger partial charge in [-0.1, -0.05) is 23.4 Å². The second-order valence-corrected chi connectivity index (χ2v) is 4.32. The van der Waals surface area contributed by atoms with Crippen molar-refractivity contribution in [3.05, 3.63) is 23.1 Å². The van der Waals surface area contributed by atoms with Crippen molar-refractivity contribution in [1.82, 2.24) is 19.7 Å². The van der Waals surface area contributed by atoms with Crippen LogP contribution in [0.3, 0.4) is 0 Å². The summed E-state index contributed by atoms with van der Waals surface area (Å²) in [6, 6.07) is 0. The number of halogens is 1. The van der Waals surface area contributed by atoms with E-state index in [4.69, 9.17) is 21.8 Å². The summed E-state index contributed by atoms with van der Waals surface area (Å²) in [6.07, 6.45) is 1.61. The van der Waals surface area contributed by atoms with E-state index < -0.39 is 0 Å². The average molecular weight is 260 g/mol. The van der Waals surface area contributed by atoms with Crippen LogP contribution in [0.2, 0.25) is 5.15 Å². The van der Waals surface area contributed by atoms with E-state index in [0.29, 0.717) is 22.0 Å². The van der Waals surface area contributed by atoms with Gasteiger partial charge in [0.25, 0.3) is 5.22 Å². The minimum Gasteiger partial charge on any atom is -0.415 e. The lowest BCUT2D eigenvalue weighted by molar-refractivity contribution is 0.414. The molecule has 0 aliphatic rings. The fourth-order valence-electron chi connectivity index (χ4n) is 1.06. The van der Waals surface area contributed by atoms with Crippen molar-refractivity contribution >= 4 is 23.4 Å². The monoisotopic (exact) mass is 259 g/mol. The van der Waals surface area contributed by atoms with E-state index in [9.17, 15) is 0 Å². The van der Waals surface area contributed by atoms with Gasteiger partial charge in [-0.2, -0.15) is 0 Å². The average Bonchev–Trinajstić information content (AvgIpc) is 2.86. The first-order chi connectivity index (χ1) is 7.70. The SMILES string of the molecule is Cn1c(Cl)cnc1CSc1nnc(CN)o1. The van der Waals surface area contributed by atoms with Crippen LogP contribution in [0.4, 0.5) is 0 Å². The van der Waals surface area contributed by atoms with Crippen LogP contribution in [0, 0.1) is 0 Å². The number of hydrogen-bond donors (Lipinski definition) is 1. The molecule has 2 heterocycles. The van der Waals surface area contributed by atoms with Crippen LogP contribution in [-0.4, -0.2) is 19.7 Å². The third-order valence-electron chi connectivity index (χ3n) is 1.98. The molecule has 6 nitrogen and oxygen atoms in total. The van der Waals surface area contributed by atoms with Crippen molar-refractivity contribution in [2.24, 2.45) is 12.8 Å². The van der Waals surface area contributed by atoms with Gasteiger partial charge < -0.3 is 14.7 Å². The molecule has 2 rings (SSSR count). The Morgan fingerprint density at radius 1 is 1.56 bits per heavy atom. The molecule has 0 aliphatic heterocycles. The zero-order chi connectivity index (χ0) is 11.5. The molecular weight excluding hydrogens is 250 g/mol. The molecule has 0 aliphatic carbocycles. The van der Waals surface area contributed by atoms with Crippen molar-refractivity contribution < 1.29 is 4.42 Å². The summed E-state index contributed by atoms with van der Waals surface area (Å²) >= 11 is 7.26. The van der Waals surface area contributed by atoms with Gasteiger partial charge in [0.05, 0.1) is 18.5 Å². The highest BCUT2D eigenvalue weighted by Gasteiger charge is 2.09. The Balaban J connectivity index is 1.99. The van der Waals surface area contributed by atoms with E-state index in [1.54, 1.807) is 10.8 Å². The minimum atomic E-state index is 0.252. The summed E-state index contributed by atoms with van der Waals surface area (Å²) in [5, 5.41) is 8.68. The zero-order valence-electron chi connectivity index (χ0n) is 8.55. The summed E-state index contributed by atoms with van der Waals surface area (Å²) in [6.45, 7) is 0.252. The quantitative estimate of drug-likeness (QED) is 0.831. The van der Waals surface area contributed by atoms with E-state index in [0.717, 1.165) is 5.82 Å². The van der Waals surface area contributed by atoms with Crippen LogP contribution in [0.5, 0.6) is 0 Å². The highest BCUT2D eigenvalue weighted by Crippen LogP contribution is 2.21. The number of nitrogens with zero attached hydrogens (tertiary/aromatic N) is 4. The molecule has 0 spiro atoms. The smallest absolute Gasteiger partial charge is 0.277 e. The molecule has 0 amide bonds. The fourth-order valence-corrected chi connectivity index (χ4v) is 1.98. The van der Waals surface area contributed by atoms with Crippen LogP contribution < -0.4 is 5.73 Å². The molecular formula is C8H10ClN5OS. The lowest BCUT2D eigenvalue weighted by Gasteiger charge is -1.99. The van der Waals surface area contributed by atoms with Gasteiger partial charge in [0, 0.05) is 7.05 Å². The maximum Gasteiger partial charge on any atom is 0.277 e. The highest BCUT2D eigenvalue weighted by molar-refractivity contribution is 7.98. The number of nitrogens with two attached hydrogens (primary N) is 1. The van der Waals surface area contributed by atoms with E-state index in [-0.39, 0.29) is 6.54 Å². The Hall–Kier alpha value is -1.05. The molecule has 2 N–H and O–H groups in total.